The minimum atomic E-state index is -0.447. The van der Waals surface area contributed by atoms with Crippen molar-refractivity contribution in [1.82, 2.24) is 4.90 Å². The van der Waals surface area contributed by atoms with Gasteiger partial charge < -0.3 is 19.3 Å². The Bertz CT molecular complexity index is 739. The van der Waals surface area contributed by atoms with Crippen LogP contribution in [0.2, 0.25) is 0 Å². The van der Waals surface area contributed by atoms with Gasteiger partial charge in [-0.25, -0.2) is 4.79 Å². The predicted molar refractivity (Wildman–Crippen MR) is 94.0 cm³/mol. The molecule has 0 unspecified atom stereocenters. The molecule has 0 radical (unpaired) electrons. The Morgan fingerprint density at radius 2 is 2.12 bits per heavy atom. The van der Waals surface area contributed by atoms with Gasteiger partial charge in [-0.15, -0.1) is 0 Å². The van der Waals surface area contributed by atoms with Crippen LogP contribution < -0.4 is 4.73 Å². The molecule has 0 aromatic carbocycles. The molecule has 25 heavy (non-hydrogen) atoms. The first-order chi connectivity index (χ1) is 11.8. The predicted octanol–water partition coefficient (Wildman–Crippen LogP) is 3.65. The van der Waals surface area contributed by atoms with Gasteiger partial charge in [-0.3, -0.25) is 0 Å². The van der Waals surface area contributed by atoms with Crippen molar-refractivity contribution in [1.29, 1.82) is 0 Å². The molecule has 0 atom stereocenters. The molecule has 2 aromatic rings. The van der Waals surface area contributed by atoms with E-state index in [1.807, 2.05) is 26.8 Å². The van der Waals surface area contributed by atoms with Gasteiger partial charge in [0, 0.05) is 25.6 Å². The highest BCUT2D eigenvalue weighted by atomic mass is 16.6. The van der Waals surface area contributed by atoms with Gasteiger partial charge in [-0.05, 0) is 52.0 Å². The number of nitrogens with zero attached hydrogens (tertiary/aromatic N) is 2. The van der Waals surface area contributed by atoms with Gasteiger partial charge in [0.1, 0.15) is 16.9 Å². The van der Waals surface area contributed by atoms with Crippen LogP contribution in [0.4, 0.5) is 4.79 Å². The number of furan rings is 1. The maximum absolute atomic E-state index is 12.1. The fourth-order valence-electron chi connectivity index (χ4n) is 3.23. The zero-order valence-electron chi connectivity index (χ0n) is 15.2. The molecule has 3 rings (SSSR count). The topological polar surface area (TPSA) is 69.6 Å². The van der Waals surface area contributed by atoms with E-state index in [2.05, 4.69) is 0 Å². The van der Waals surface area contributed by atoms with E-state index in [0.29, 0.717) is 5.92 Å². The number of amides is 1. The lowest BCUT2D eigenvalue weighted by atomic mass is 9.92. The number of aromatic nitrogens is 1. The number of piperidine rings is 1. The molecule has 1 saturated heterocycles. The first kappa shape index (κ1) is 17.6. The summed E-state index contributed by atoms with van der Waals surface area (Å²) < 4.78 is 12.0. The zero-order valence-corrected chi connectivity index (χ0v) is 15.2. The second-order valence-electron chi connectivity index (χ2n) is 7.79. The lowest BCUT2D eigenvalue weighted by Crippen LogP contribution is -2.41. The second-order valence-corrected chi connectivity index (χ2v) is 7.79. The van der Waals surface area contributed by atoms with Crippen LogP contribution >= 0.6 is 0 Å². The summed E-state index contributed by atoms with van der Waals surface area (Å²) in [6, 6.07) is 3.64. The molecule has 1 fully saturated rings. The molecule has 2 aromatic heterocycles. The number of likely N-dealkylation sites (tertiary alicyclic amines) is 1. The highest BCUT2D eigenvalue weighted by Gasteiger charge is 2.26. The third kappa shape index (κ3) is 4.65. The molecule has 0 bridgehead atoms. The van der Waals surface area contributed by atoms with Crippen LogP contribution in [0.15, 0.2) is 28.9 Å². The number of pyridine rings is 1. The van der Waals surface area contributed by atoms with Crippen molar-refractivity contribution in [2.45, 2.75) is 52.1 Å². The summed E-state index contributed by atoms with van der Waals surface area (Å²) in [6.45, 7) is 7.16. The van der Waals surface area contributed by atoms with Crippen molar-refractivity contribution >= 4 is 17.1 Å². The molecule has 0 aliphatic carbocycles. The minimum absolute atomic E-state index is 0.214. The summed E-state index contributed by atoms with van der Waals surface area (Å²) in [7, 11) is 0. The van der Waals surface area contributed by atoms with Crippen molar-refractivity contribution in [2.75, 3.05) is 13.1 Å². The van der Waals surface area contributed by atoms with Crippen molar-refractivity contribution in [3.63, 3.8) is 0 Å². The average Bonchev–Trinajstić information content (AvgIpc) is 2.93. The molecule has 0 N–H and O–H groups in total. The maximum Gasteiger partial charge on any atom is 0.410 e. The molecule has 0 saturated carbocycles. The average molecular weight is 346 g/mol. The SMILES string of the molecule is CC(C)(C)OC(=O)N1CCC(CCc2cc3c[n+]([O-])ccc3o2)CC1. The molecule has 6 nitrogen and oxygen atoms in total. The van der Waals surface area contributed by atoms with E-state index in [9.17, 15) is 10.0 Å². The number of ether oxygens (including phenoxy) is 1. The van der Waals surface area contributed by atoms with Gasteiger partial charge in [0.2, 0.25) is 0 Å². The monoisotopic (exact) mass is 346 g/mol. The van der Waals surface area contributed by atoms with Gasteiger partial charge in [0.15, 0.2) is 12.4 Å². The largest absolute Gasteiger partial charge is 0.619 e. The number of hydrogen-bond donors (Lipinski definition) is 0. The fraction of sp³-hybridized carbons (Fsp3) is 0.579. The summed E-state index contributed by atoms with van der Waals surface area (Å²) in [4.78, 5) is 13.9. The quantitative estimate of drug-likeness (QED) is 0.628. The summed E-state index contributed by atoms with van der Waals surface area (Å²) in [5, 5.41) is 12.1. The standard InChI is InChI=1S/C19H26N2O4/c1-19(2,3)25-18(22)20-9-6-14(7-10-20)4-5-16-12-15-13-21(23)11-8-17(15)24-16/h8,11-14H,4-7,9-10H2,1-3H3. The molecule has 0 spiro atoms. The number of rotatable bonds is 3. The van der Waals surface area contributed by atoms with E-state index in [-0.39, 0.29) is 6.09 Å². The molecule has 3 heterocycles. The van der Waals surface area contributed by atoms with Gasteiger partial charge in [0.25, 0.3) is 0 Å². The third-order valence-corrected chi connectivity index (χ3v) is 4.55. The summed E-state index contributed by atoms with van der Waals surface area (Å²) >= 11 is 0. The molecular weight excluding hydrogens is 320 g/mol. The Morgan fingerprint density at radius 1 is 1.40 bits per heavy atom. The van der Waals surface area contributed by atoms with Crippen LogP contribution in [0.25, 0.3) is 11.0 Å². The van der Waals surface area contributed by atoms with Crippen LogP contribution in [0.1, 0.15) is 45.8 Å². The highest BCUT2D eigenvalue weighted by molar-refractivity contribution is 5.75. The number of carbonyl (C=O) groups excluding carboxylic acids is 1. The van der Waals surface area contributed by atoms with E-state index in [1.54, 1.807) is 11.0 Å². The van der Waals surface area contributed by atoms with Crippen molar-refractivity contribution < 1.29 is 18.7 Å². The number of fused-ring (bicyclic) bond motifs is 1. The minimum Gasteiger partial charge on any atom is -0.619 e. The molecule has 1 aliphatic rings. The van der Waals surface area contributed by atoms with E-state index in [4.69, 9.17) is 9.15 Å². The van der Waals surface area contributed by atoms with E-state index >= 15 is 0 Å². The Balaban J connectivity index is 1.48. The highest BCUT2D eigenvalue weighted by Crippen LogP contribution is 2.25. The van der Waals surface area contributed by atoms with Crippen molar-refractivity contribution in [3.8, 4) is 0 Å². The Morgan fingerprint density at radius 3 is 2.80 bits per heavy atom. The van der Waals surface area contributed by atoms with Gasteiger partial charge >= 0.3 is 6.09 Å². The normalized spacial score (nSPS) is 16.4. The lowest BCUT2D eigenvalue weighted by molar-refractivity contribution is -0.603. The first-order valence-corrected chi connectivity index (χ1v) is 8.89. The third-order valence-electron chi connectivity index (χ3n) is 4.55. The molecule has 1 aliphatic heterocycles. The van der Waals surface area contributed by atoms with E-state index < -0.39 is 5.60 Å². The first-order valence-electron chi connectivity index (χ1n) is 8.89. The maximum atomic E-state index is 12.1. The van der Waals surface area contributed by atoms with Crippen molar-refractivity contribution in [2.24, 2.45) is 5.92 Å². The molecule has 6 heteroatoms. The molecule has 1 amide bonds. The molecular formula is C19H26N2O4. The smallest absolute Gasteiger partial charge is 0.410 e. The van der Waals surface area contributed by atoms with Gasteiger partial charge in [-0.2, -0.15) is 4.73 Å². The van der Waals surface area contributed by atoms with Crippen LogP contribution in [0, 0.1) is 11.1 Å². The van der Waals surface area contributed by atoms with Crippen molar-refractivity contribution in [3.05, 3.63) is 35.5 Å². The second kappa shape index (κ2) is 6.94. The Kier molecular flexibility index (Phi) is 4.88. The van der Waals surface area contributed by atoms with E-state index in [1.165, 1.54) is 12.4 Å². The summed E-state index contributed by atoms with van der Waals surface area (Å²) in [5.74, 6) is 1.49. The number of aryl methyl sites for hydroxylation is 1. The lowest BCUT2D eigenvalue weighted by Gasteiger charge is -2.33. The van der Waals surface area contributed by atoms with Crippen LogP contribution in [-0.4, -0.2) is 29.7 Å². The number of hydrogen-bond acceptors (Lipinski definition) is 4. The summed E-state index contributed by atoms with van der Waals surface area (Å²) in [5.41, 5.74) is 0.305. The van der Waals surface area contributed by atoms with Crippen LogP contribution in [-0.2, 0) is 11.2 Å². The molecule has 136 valence electrons. The fourth-order valence-corrected chi connectivity index (χ4v) is 3.23. The number of carbonyl (C=O) groups is 1. The van der Waals surface area contributed by atoms with E-state index in [0.717, 1.165) is 60.2 Å². The zero-order chi connectivity index (χ0) is 18.0. The Hall–Kier alpha value is -2.24. The van der Waals surface area contributed by atoms with Crippen LogP contribution in [0.3, 0.4) is 0 Å². The van der Waals surface area contributed by atoms with Gasteiger partial charge in [-0.1, -0.05) is 0 Å². The summed E-state index contributed by atoms with van der Waals surface area (Å²) in [6.07, 6.45) is 6.61. The van der Waals surface area contributed by atoms with Gasteiger partial charge in [0.05, 0.1) is 5.39 Å². The Labute approximate surface area is 147 Å². The van der Waals surface area contributed by atoms with Crippen LogP contribution in [0.5, 0.6) is 0 Å².